The third-order valence-corrected chi connectivity index (χ3v) is 3.93. The van der Waals surface area contributed by atoms with Crippen LogP contribution in [0.15, 0.2) is 18.3 Å². The van der Waals surface area contributed by atoms with Crippen LogP contribution in [0.3, 0.4) is 0 Å². The quantitative estimate of drug-likeness (QED) is 0.799. The molecule has 94 valence electrons. The fourth-order valence-corrected chi connectivity index (χ4v) is 2.80. The molecule has 2 heterocycles. The smallest absolute Gasteiger partial charge is 0.132 e. The van der Waals surface area contributed by atoms with Crippen molar-refractivity contribution in [2.24, 2.45) is 5.92 Å². The average molecular weight is 299 g/mol. The Morgan fingerprint density at radius 2 is 2.24 bits per heavy atom. The molecule has 0 bridgehead atoms. The van der Waals surface area contributed by atoms with Gasteiger partial charge >= 0.3 is 0 Å². The summed E-state index contributed by atoms with van der Waals surface area (Å²) in [4.78, 5) is 6.90. The third-order valence-electron chi connectivity index (χ3n) is 3.33. The summed E-state index contributed by atoms with van der Waals surface area (Å²) in [6, 6.07) is 4.14. The number of methoxy groups -OCH3 is 1. The van der Waals surface area contributed by atoms with E-state index in [1.807, 2.05) is 12.3 Å². The predicted molar refractivity (Wildman–Crippen MR) is 73.7 cm³/mol. The first-order valence-corrected chi connectivity index (χ1v) is 7.21. The number of piperidine rings is 1. The lowest BCUT2D eigenvalue weighted by Gasteiger charge is -2.33. The van der Waals surface area contributed by atoms with Crippen LogP contribution in [0.1, 0.15) is 18.4 Å². The molecular formula is C13H19BrN2O. The van der Waals surface area contributed by atoms with Crippen LogP contribution >= 0.6 is 15.9 Å². The van der Waals surface area contributed by atoms with E-state index in [1.54, 1.807) is 7.11 Å². The van der Waals surface area contributed by atoms with Gasteiger partial charge in [-0.05, 0) is 24.8 Å². The van der Waals surface area contributed by atoms with Gasteiger partial charge in [-0.3, -0.25) is 0 Å². The fraction of sp³-hybridized carbons (Fsp3) is 0.615. The molecular weight excluding hydrogens is 280 g/mol. The highest BCUT2D eigenvalue weighted by molar-refractivity contribution is 9.08. The summed E-state index contributed by atoms with van der Waals surface area (Å²) < 4.78 is 5.23. The Morgan fingerprint density at radius 3 is 2.88 bits per heavy atom. The molecule has 0 aliphatic carbocycles. The van der Waals surface area contributed by atoms with Crippen molar-refractivity contribution in [1.29, 1.82) is 0 Å². The summed E-state index contributed by atoms with van der Waals surface area (Å²) in [6.45, 7) is 3.07. The highest BCUT2D eigenvalue weighted by Gasteiger charge is 2.21. The second-order valence-electron chi connectivity index (χ2n) is 4.51. The van der Waals surface area contributed by atoms with E-state index in [0.717, 1.165) is 30.8 Å². The van der Waals surface area contributed by atoms with E-state index < -0.39 is 0 Å². The van der Waals surface area contributed by atoms with Gasteiger partial charge < -0.3 is 9.64 Å². The Kier molecular flexibility index (Phi) is 4.80. The highest BCUT2D eigenvalue weighted by Crippen LogP contribution is 2.25. The maximum atomic E-state index is 5.23. The van der Waals surface area contributed by atoms with E-state index in [-0.39, 0.29) is 0 Å². The predicted octanol–water partition coefficient (Wildman–Crippen LogP) is 2.84. The standard InChI is InChI=1S/C13H19BrN2O/c1-17-10-11-4-7-16(8-5-11)13-12(9-14)3-2-6-15-13/h2-3,6,11H,4-5,7-10H2,1H3. The maximum absolute atomic E-state index is 5.23. The molecule has 0 N–H and O–H groups in total. The molecule has 1 aliphatic heterocycles. The molecule has 1 saturated heterocycles. The highest BCUT2D eigenvalue weighted by atomic mass is 79.9. The largest absolute Gasteiger partial charge is 0.384 e. The summed E-state index contributed by atoms with van der Waals surface area (Å²) in [5, 5.41) is 0.869. The first-order valence-electron chi connectivity index (χ1n) is 6.09. The maximum Gasteiger partial charge on any atom is 0.132 e. The first kappa shape index (κ1) is 12.8. The molecule has 0 unspecified atom stereocenters. The fourth-order valence-electron chi connectivity index (χ4n) is 2.37. The van der Waals surface area contributed by atoms with Crippen LogP contribution in [0.4, 0.5) is 5.82 Å². The van der Waals surface area contributed by atoms with Gasteiger partial charge in [0.2, 0.25) is 0 Å². The number of pyridine rings is 1. The van der Waals surface area contributed by atoms with Crippen molar-refractivity contribution >= 4 is 21.7 Å². The summed E-state index contributed by atoms with van der Waals surface area (Å²) in [7, 11) is 1.79. The van der Waals surface area contributed by atoms with Crippen LogP contribution in [0.5, 0.6) is 0 Å². The zero-order valence-electron chi connectivity index (χ0n) is 10.2. The first-order chi connectivity index (χ1) is 8.35. The summed E-state index contributed by atoms with van der Waals surface area (Å²) in [5.41, 5.74) is 1.28. The zero-order valence-corrected chi connectivity index (χ0v) is 11.8. The van der Waals surface area contributed by atoms with Gasteiger partial charge in [-0.2, -0.15) is 0 Å². The third kappa shape index (κ3) is 3.19. The molecule has 3 nitrogen and oxygen atoms in total. The molecule has 17 heavy (non-hydrogen) atoms. The summed E-state index contributed by atoms with van der Waals surface area (Å²) in [5.74, 6) is 1.85. The lowest BCUT2D eigenvalue weighted by molar-refractivity contribution is 0.139. The van der Waals surface area contributed by atoms with Crippen LogP contribution in [0.2, 0.25) is 0 Å². The number of nitrogens with zero attached hydrogens (tertiary/aromatic N) is 2. The number of halogens is 1. The van der Waals surface area contributed by atoms with Gasteiger partial charge in [-0.25, -0.2) is 4.98 Å². The number of rotatable bonds is 4. The van der Waals surface area contributed by atoms with E-state index in [1.165, 1.54) is 18.4 Å². The average Bonchev–Trinajstić information content (AvgIpc) is 2.40. The number of hydrogen-bond donors (Lipinski definition) is 0. The van der Waals surface area contributed by atoms with Gasteiger partial charge in [-0.15, -0.1) is 0 Å². The van der Waals surface area contributed by atoms with Crippen molar-refractivity contribution in [1.82, 2.24) is 4.98 Å². The van der Waals surface area contributed by atoms with Crippen LogP contribution in [-0.4, -0.2) is 31.8 Å². The molecule has 0 atom stereocenters. The van der Waals surface area contributed by atoms with Gasteiger partial charge in [0.15, 0.2) is 0 Å². The second-order valence-corrected chi connectivity index (χ2v) is 5.07. The Labute approximate surface area is 111 Å². The summed E-state index contributed by atoms with van der Waals surface area (Å²) in [6.07, 6.45) is 4.28. The molecule has 0 spiro atoms. The lowest BCUT2D eigenvalue weighted by atomic mass is 9.97. The van der Waals surface area contributed by atoms with Crippen molar-refractivity contribution in [3.05, 3.63) is 23.9 Å². The van der Waals surface area contributed by atoms with E-state index >= 15 is 0 Å². The van der Waals surface area contributed by atoms with Crippen LogP contribution in [0.25, 0.3) is 0 Å². The Balaban J connectivity index is 2.00. The van der Waals surface area contributed by atoms with Crippen LogP contribution in [0, 0.1) is 5.92 Å². The molecule has 1 aromatic heterocycles. The number of aromatic nitrogens is 1. The second kappa shape index (κ2) is 6.36. The molecule has 1 fully saturated rings. The molecule has 0 amide bonds. The van der Waals surface area contributed by atoms with Crippen molar-refractivity contribution in [3.8, 4) is 0 Å². The van der Waals surface area contributed by atoms with Crippen molar-refractivity contribution < 1.29 is 4.74 Å². The summed E-state index contributed by atoms with van der Waals surface area (Å²) >= 11 is 3.53. The molecule has 0 aromatic carbocycles. The number of alkyl halides is 1. The minimum absolute atomic E-state index is 0.715. The number of anilines is 1. The van der Waals surface area contributed by atoms with E-state index in [9.17, 15) is 0 Å². The lowest BCUT2D eigenvalue weighted by Crippen LogP contribution is -2.36. The van der Waals surface area contributed by atoms with Crippen LogP contribution in [-0.2, 0) is 10.1 Å². The van der Waals surface area contributed by atoms with E-state index in [0.29, 0.717) is 5.92 Å². The monoisotopic (exact) mass is 298 g/mol. The molecule has 1 aliphatic rings. The van der Waals surface area contributed by atoms with Crippen molar-refractivity contribution in [2.45, 2.75) is 18.2 Å². The zero-order chi connectivity index (χ0) is 12.1. The Morgan fingerprint density at radius 1 is 1.47 bits per heavy atom. The molecule has 1 aromatic rings. The van der Waals surface area contributed by atoms with E-state index in [2.05, 4.69) is 31.9 Å². The SMILES string of the molecule is COCC1CCN(c2ncccc2CBr)CC1. The normalized spacial score (nSPS) is 17.4. The molecule has 0 radical (unpaired) electrons. The Hall–Kier alpha value is -0.610. The van der Waals surface area contributed by atoms with Gasteiger partial charge in [0, 0.05) is 43.9 Å². The molecule has 0 saturated carbocycles. The minimum Gasteiger partial charge on any atom is -0.384 e. The molecule has 4 heteroatoms. The van der Waals surface area contributed by atoms with E-state index in [4.69, 9.17) is 4.74 Å². The van der Waals surface area contributed by atoms with Gasteiger partial charge in [0.1, 0.15) is 5.82 Å². The molecule has 2 rings (SSSR count). The van der Waals surface area contributed by atoms with Gasteiger partial charge in [0.25, 0.3) is 0 Å². The van der Waals surface area contributed by atoms with Gasteiger partial charge in [0.05, 0.1) is 0 Å². The Bertz CT molecular complexity index is 351. The van der Waals surface area contributed by atoms with Crippen molar-refractivity contribution in [2.75, 3.05) is 31.7 Å². The van der Waals surface area contributed by atoms with Crippen molar-refractivity contribution in [3.63, 3.8) is 0 Å². The number of ether oxygens (including phenoxy) is 1. The topological polar surface area (TPSA) is 25.4 Å². The number of hydrogen-bond acceptors (Lipinski definition) is 3. The van der Waals surface area contributed by atoms with Crippen LogP contribution < -0.4 is 4.90 Å². The van der Waals surface area contributed by atoms with Gasteiger partial charge in [-0.1, -0.05) is 22.0 Å². The minimum atomic E-state index is 0.715.